The van der Waals surface area contributed by atoms with Gasteiger partial charge in [0.15, 0.2) is 0 Å². The van der Waals surface area contributed by atoms with Crippen LogP contribution in [0, 0.1) is 5.82 Å². The van der Waals surface area contributed by atoms with E-state index in [1.807, 2.05) is 24.3 Å². The van der Waals surface area contributed by atoms with Gasteiger partial charge in [-0.3, -0.25) is 4.98 Å². The van der Waals surface area contributed by atoms with Gasteiger partial charge in [-0.15, -0.1) is 0 Å². The second-order valence-corrected chi connectivity index (χ2v) is 5.59. The molecule has 3 rings (SSSR count). The molecule has 2 amide bonds. The molecule has 0 saturated carbocycles. The number of carbonyl (C=O) groups excluding carboxylic acids is 1. The van der Waals surface area contributed by atoms with E-state index in [2.05, 4.69) is 15.6 Å². The first-order chi connectivity index (χ1) is 12.1. The van der Waals surface area contributed by atoms with Crippen LogP contribution in [-0.2, 0) is 0 Å². The third kappa shape index (κ3) is 4.36. The standard InChI is InChI=1S/C18H15ClFN3O2/c19-14-11-13(20)6-7-16(14)25-10-9-22-18(24)23-15-5-1-3-12-4-2-8-21-17(12)15/h1-8,11H,9-10H2,(H2,22,23,24). The molecular formula is C18H15ClFN3O2. The lowest BCUT2D eigenvalue weighted by atomic mass is 10.2. The lowest BCUT2D eigenvalue weighted by Gasteiger charge is -2.11. The molecule has 128 valence electrons. The Labute approximate surface area is 148 Å². The molecule has 2 N–H and O–H groups in total. The first-order valence-electron chi connectivity index (χ1n) is 7.60. The summed E-state index contributed by atoms with van der Waals surface area (Å²) in [6.45, 7) is 0.463. The maximum atomic E-state index is 12.9. The van der Waals surface area contributed by atoms with Gasteiger partial charge in [0.1, 0.15) is 18.2 Å². The molecule has 0 unspecified atom stereocenters. The number of anilines is 1. The third-order valence-corrected chi connectivity index (χ3v) is 3.72. The highest BCUT2D eigenvalue weighted by atomic mass is 35.5. The molecule has 5 nitrogen and oxygen atoms in total. The average molecular weight is 360 g/mol. The van der Waals surface area contributed by atoms with E-state index in [4.69, 9.17) is 16.3 Å². The van der Waals surface area contributed by atoms with Gasteiger partial charge >= 0.3 is 6.03 Å². The van der Waals surface area contributed by atoms with Crippen molar-refractivity contribution in [3.63, 3.8) is 0 Å². The maximum Gasteiger partial charge on any atom is 0.319 e. The monoisotopic (exact) mass is 359 g/mol. The Kier molecular flexibility index (Phi) is 5.30. The first kappa shape index (κ1) is 17.0. The summed E-state index contributed by atoms with van der Waals surface area (Å²) in [5.41, 5.74) is 1.34. The Balaban J connectivity index is 1.51. The zero-order valence-electron chi connectivity index (χ0n) is 13.1. The summed E-state index contributed by atoms with van der Waals surface area (Å²) >= 11 is 5.86. The van der Waals surface area contributed by atoms with E-state index >= 15 is 0 Å². The molecule has 25 heavy (non-hydrogen) atoms. The summed E-state index contributed by atoms with van der Waals surface area (Å²) in [4.78, 5) is 16.3. The summed E-state index contributed by atoms with van der Waals surface area (Å²) in [5, 5.41) is 6.56. The van der Waals surface area contributed by atoms with Gasteiger partial charge in [-0.1, -0.05) is 29.8 Å². The Bertz CT molecular complexity index is 899. The smallest absolute Gasteiger partial charge is 0.319 e. The molecule has 0 fully saturated rings. The van der Waals surface area contributed by atoms with E-state index in [-0.39, 0.29) is 24.2 Å². The summed E-state index contributed by atoms with van der Waals surface area (Å²) in [6, 6.07) is 12.8. The summed E-state index contributed by atoms with van der Waals surface area (Å²) in [5.74, 6) is -0.0675. The molecule has 1 aromatic heterocycles. The van der Waals surface area contributed by atoms with Crippen LogP contribution in [0.2, 0.25) is 5.02 Å². The van der Waals surface area contributed by atoms with Crippen LogP contribution in [0.5, 0.6) is 5.75 Å². The lowest BCUT2D eigenvalue weighted by molar-refractivity contribution is 0.247. The van der Waals surface area contributed by atoms with Gasteiger partial charge in [0, 0.05) is 11.6 Å². The van der Waals surface area contributed by atoms with Gasteiger partial charge in [-0.25, -0.2) is 9.18 Å². The van der Waals surface area contributed by atoms with Gasteiger partial charge in [0.2, 0.25) is 0 Å². The number of amides is 2. The number of carbonyl (C=O) groups is 1. The number of rotatable bonds is 5. The predicted octanol–water partition coefficient (Wildman–Crippen LogP) is 4.23. The fourth-order valence-electron chi connectivity index (χ4n) is 2.29. The summed E-state index contributed by atoms with van der Waals surface area (Å²) in [7, 11) is 0. The van der Waals surface area contributed by atoms with Crippen molar-refractivity contribution in [2.24, 2.45) is 0 Å². The Hall–Kier alpha value is -2.86. The molecule has 1 heterocycles. The van der Waals surface area contributed by atoms with Crippen LogP contribution >= 0.6 is 11.6 Å². The number of nitrogens with zero attached hydrogens (tertiary/aromatic N) is 1. The Morgan fingerprint density at radius 1 is 1.20 bits per heavy atom. The topological polar surface area (TPSA) is 63.2 Å². The van der Waals surface area contributed by atoms with Crippen molar-refractivity contribution in [2.75, 3.05) is 18.5 Å². The normalized spacial score (nSPS) is 10.5. The van der Waals surface area contributed by atoms with Crippen LogP contribution in [0.1, 0.15) is 0 Å². The molecule has 0 aliphatic heterocycles. The second-order valence-electron chi connectivity index (χ2n) is 5.18. The number of para-hydroxylation sites is 1. The molecule has 0 radical (unpaired) electrons. The molecule has 0 saturated heterocycles. The van der Waals surface area contributed by atoms with Crippen LogP contribution < -0.4 is 15.4 Å². The van der Waals surface area contributed by atoms with Crippen molar-refractivity contribution in [1.29, 1.82) is 0 Å². The van der Waals surface area contributed by atoms with Crippen LogP contribution in [0.25, 0.3) is 10.9 Å². The van der Waals surface area contributed by atoms with Gasteiger partial charge in [0.05, 0.1) is 22.8 Å². The molecule has 0 atom stereocenters. The molecule has 0 spiro atoms. The summed E-state index contributed by atoms with van der Waals surface area (Å²) in [6.07, 6.45) is 1.67. The highest BCUT2D eigenvalue weighted by Crippen LogP contribution is 2.24. The molecular weight excluding hydrogens is 345 g/mol. The van der Waals surface area contributed by atoms with E-state index in [0.29, 0.717) is 11.4 Å². The van der Waals surface area contributed by atoms with E-state index < -0.39 is 5.82 Å². The van der Waals surface area contributed by atoms with Crippen molar-refractivity contribution in [3.8, 4) is 5.75 Å². The number of hydrogen-bond donors (Lipinski definition) is 2. The number of pyridine rings is 1. The molecule has 0 aliphatic carbocycles. The number of halogens is 2. The number of hydrogen-bond acceptors (Lipinski definition) is 3. The summed E-state index contributed by atoms with van der Waals surface area (Å²) < 4.78 is 18.4. The van der Waals surface area contributed by atoms with Crippen molar-refractivity contribution < 1.29 is 13.9 Å². The maximum absolute atomic E-state index is 12.9. The van der Waals surface area contributed by atoms with Gasteiger partial charge < -0.3 is 15.4 Å². The second kappa shape index (κ2) is 7.81. The lowest BCUT2D eigenvalue weighted by Crippen LogP contribution is -2.32. The number of nitrogens with one attached hydrogen (secondary N) is 2. The minimum Gasteiger partial charge on any atom is -0.490 e. The highest BCUT2D eigenvalue weighted by molar-refractivity contribution is 6.32. The Morgan fingerprint density at radius 2 is 2.04 bits per heavy atom. The molecule has 3 aromatic rings. The molecule has 0 bridgehead atoms. The average Bonchev–Trinajstić information content (AvgIpc) is 2.60. The predicted molar refractivity (Wildman–Crippen MR) is 95.7 cm³/mol. The quantitative estimate of drug-likeness (QED) is 0.670. The van der Waals surface area contributed by atoms with Crippen LogP contribution in [0.4, 0.5) is 14.9 Å². The third-order valence-electron chi connectivity index (χ3n) is 3.42. The number of aromatic nitrogens is 1. The van der Waals surface area contributed by atoms with Crippen LogP contribution in [-0.4, -0.2) is 24.2 Å². The molecule has 2 aromatic carbocycles. The van der Waals surface area contributed by atoms with Crippen molar-refractivity contribution in [1.82, 2.24) is 10.3 Å². The zero-order chi connectivity index (χ0) is 17.6. The van der Waals surface area contributed by atoms with E-state index in [0.717, 1.165) is 10.9 Å². The molecule has 7 heteroatoms. The van der Waals surface area contributed by atoms with Gasteiger partial charge in [-0.05, 0) is 30.3 Å². The van der Waals surface area contributed by atoms with Crippen molar-refractivity contribution in [3.05, 3.63) is 65.6 Å². The number of urea groups is 1. The van der Waals surface area contributed by atoms with Gasteiger partial charge in [0.25, 0.3) is 0 Å². The van der Waals surface area contributed by atoms with Crippen LogP contribution in [0.15, 0.2) is 54.7 Å². The van der Waals surface area contributed by atoms with E-state index in [1.165, 1.54) is 18.2 Å². The fourth-order valence-corrected chi connectivity index (χ4v) is 2.51. The Morgan fingerprint density at radius 3 is 2.88 bits per heavy atom. The van der Waals surface area contributed by atoms with Crippen molar-refractivity contribution in [2.45, 2.75) is 0 Å². The van der Waals surface area contributed by atoms with Crippen molar-refractivity contribution >= 4 is 34.2 Å². The van der Waals surface area contributed by atoms with E-state index in [9.17, 15) is 9.18 Å². The highest BCUT2D eigenvalue weighted by Gasteiger charge is 2.07. The number of fused-ring (bicyclic) bond motifs is 1. The first-order valence-corrected chi connectivity index (χ1v) is 7.98. The SMILES string of the molecule is O=C(NCCOc1ccc(F)cc1Cl)Nc1cccc2cccnc12. The number of ether oxygens (including phenoxy) is 1. The minimum atomic E-state index is -0.432. The molecule has 0 aliphatic rings. The largest absolute Gasteiger partial charge is 0.490 e. The zero-order valence-corrected chi connectivity index (χ0v) is 13.9. The number of benzene rings is 2. The van der Waals surface area contributed by atoms with E-state index in [1.54, 1.807) is 12.3 Å². The minimum absolute atomic E-state index is 0.186. The van der Waals surface area contributed by atoms with Gasteiger partial charge in [-0.2, -0.15) is 0 Å². The van der Waals surface area contributed by atoms with Crippen LogP contribution in [0.3, 0.4) is 0 Å². The fraction of sp³-hybridized carbons (Fsp3) is 0.111.